The Labute approximate surface area is 161 Å². The maximum Gasteiger partial charge on any atom is 0.261 e. The van der Waals surface area contributed by atoms with Crippen LogP contribution >= 0.6 is 11.3 Å². The van der Waals surface area contributed by atoms with E-state index in [0.29, 0.717) is 28.0 Å². The minimum atomic E-state index is -0.282. The fourth-order valence-electron chi connectivity index (χ4n) is 3.06. The Hall–Kier alpha value is -2.87. The van der Waals surface area contributed by atoms with Crippen LogP contribution in [0, 0.1) is 6.92 Å². The van der Waals surface area contributed by atoms with Crippen LogP contribution < -0.4 is 10.2 Å². The Morgan fingerprint density at radius 2 is 2.00 bits per heavy atom. The van der Waals surface area contributed by atoms with Crippen LogP contribution in [-0.2, 0) is 0 Å². The topological polar surface area (TPSA) is 83.9 Å². The smallest absolute Gasteiger partial charge is 0.261 e. The van der Waals surface area contributed by atoms with E-state index in [9.17, 15) is 4.79 Å². The molecule has 3 aromatic rings. The first-order chi connectivity index (χ1) is 13.2. The van der Waals surface area contributed by atoms with Gasteiger partial charge in [-0.1, -0.05) is 6.07 Å². The van der Waals surface area contributed by atoms with Gasteiger partial charge >= 0.3 is 0 Å². The van der Waals surface area contributed by atoms with Crippen molar-refractivity contribution in [1.82, 2.24) is 19.9 Å². The summed E-state index contributed by atoms with van der Waals surface area (Å²) in [5, 5.41) is 5.29. The molecule has 0 bridgehead atoms. The quantitative estimate of drug-likeness (QED) is 0.745. The van der Waals surface area contributed by atoms with Crippen molar-refractivity contribution >= 4 is 28.3 Å². The summed E-state index contributed by atoms with van der Waals surface area (Å²) < 4.78 is 0. The molecule has 1 saturated heterocycles. The average Bonchev–Trinajstić information content (AvgIpc) is 3.13. The molecule has 1 aliphatic heterocycles. The van der Waals surface area contributed by atoms with Crippen molar-refractivity contribution in [2.24, 2.45) is 0 Å². The zero-order valence-corrected chi connectivity index (χ0v) is 15.9. The molecular weight excluding hydrogens is 360 g/mol. The molecule has 3 aromatic heterocycles. The largest absolute Gasteiger partial charge is 0.341 e. The number of piperidine rings is 1. The van der Waals surface area contributed by atoms with E-state index in [1.165, 1.54) is 17.8 Å². The molecule has 138 valence electrons. The molecule has 4 heterocycles. The lowest BCUT2D eigenvalue weighted by molar-refractivity contribution is 0.102. The minimum absolute atomic E-state index is 0.282. The van der Waals surface area contributed by atoms with Crippen LogP contribution in [0.2, 0.25) is 0 Å². The average molecular weight is 380 g/mol. The van der Waals surface area contributed by atoms with E-state index in [1.807, 2.05) is 30.5 Å². The molecule has 0 saturated carbocycles. The third-order valence-electron chi connectivity index (χ3n) is 4.41. The van der Waals surface area contributed by atoms with Crippen molar-refractivity contribution in [2.75, 3.05) is 23.3 Å². The van der Waals surface area contributed by atoms with Gasteiger partial charge in [0.2, 0.25) is 5.95 Å². The highest BCUT2D eigenvalue weighted by molar-refractivity contribution is 7.13. The number of anilines is 2. The van der Waals surface area contributed by atoms with E-state index >= 15 is 0 Å². The summed E-state index contributed by atoms with van der Waals surface area (Å²) in [6.45, 7) is 3.76. The molecule has 0 aliphatic carbocycles. The van der Waals surface area contributed by atoms with Gasteiger partial charge in [-0.3, -0.25) is 15.1 Å². The van der Waals surface area contributed by atoms with Crippen molar-refractivity contribution in [3.63, 3.8) is 0 Å². The van der Waals surface area contributed by atoms with Crippen LogP contribution in [0.4, 0.5) is 11.1 Å². The maximum atomic E-state index is 12.8. The van der Waals surface area contributed by atoms with Gasteiger partial charge in [0.05, 0.1) is 17.0 Å². The number of aryl methyl sites for hydroxylation is 1. The normalized spacial score (nSPS) is 14.2. The van der Waals surface area contributed by atoms with Crippen molar-refractivity contribution in [1.29, 1.82) is 0 Å². The number of thiazole rings is 1. The molecular formula is C19H20N6OS. The highest BCUT2D eigenvalue weighted by Gasteiger charge is 2.21. The summed E-state index contributed by atoms with van der Waals surface area (Å²) in [6, 6.07) is 5.58. The molecule has 1 N–H and O–H groups in total. The number of hydrogen-bond acceptors (Lipinski definition) is 7. The fourth-order valence-corrected chi connectivity index (χ4v) is 3.74. The second-order valence-electron chi connectivity index (χ2n) is 6.44. The van der Waals surface area contributed by atoms with Gasteiger partial charge in [0.15, 0.2) is 5.13 Å². The first-order valence-corrected chi connectivity index (χ1v) is 9.85. The van der Waals surface area contributed by atoms with Gasteiger partial charge in [-0.25, -0.2) is 15.0 Å². The Morgan fingerprint density at radius 3 is 2.70 bits per heavy atom. The zero-order valence-electron chi connectivity index (χ0n) is 15.1. The standard InChI is InChI=1S/C19H20N6OS/c1-13-12-27-19(22-13)24-17(26)14-11-21-18(25-9-5-2-6-10-25)23-16(14)15-7-3-4-8-20-15/h3-4,7-8,11-12H,2,5-6,9-10H2,1H3,(H,22,24,26). The van der Waals surface area contributed by atoms with Gasteiger partial charge in [0.1, 0.15) is 5.69 Å². The van der Waals surface area contributed by atoms with Crippen LogP contribution in [0.1, 0.15) is 35.3 Å². The molecule has 27 heavy (non-hydrogen) atoms. The van der Waals surface area contributed by atoms with E-state index in [2.05, 4.69) is 25.2 Å². The first-order valence-electron chi connectivity index (χ1n) is 8.97. The summed E-state index contributed by atoms with van der Waals surface area (Å²) in [6.07, 6.45) is 6.79. The number of nitrogens with one attached hydrogen (secondary N) is 1. The maximum absolute atomic E-state index is 12.8. The number of carbonyl (C=O) groups excluding carboxylic acids is 1. The SMILES string of the molecule is Cc1csc(NC(=O)c2cnc(N3CCCCC3)nc2-c2ccccn2)n1. The molecule has 0 atom stereocenters. The van der Waals surface area contributed by atoms with Crippen molar-refractivity contribution in [2.45, 2.75) is 26.2 Å². The lowest BCUT2D eigenvalue weighted by atomic mass is 10.1. The van der Waals surface area contributed by atoms with Crippen LogP contribution in [0.5, 0.6) is 0 Å². The number of amides is 1. The predicted molar refractivity (Wildman–Crippen MR) is 106 cm³/mol. The van der Waals surface area contributed by atoms with Gasteiger partial charge in [0.25, 0.3) is 5.91 Å². The van der Waals surface area contributed by atoms with Gasteiger partial charge in [-0.2, -0.15) is 0 Å². The molecule has 8 heteroatoms. The van der Waals surface area contributed by atoms with Gasteiger partial charge in [0, 0.05) is 30.9 Å². The van der Waals surface area contributed by atoms with Gasteiger partial charge in [-0.15, -0.1) is 11.3 Å². The van der Waals surface area contributed by atoms with Crippen LogP contribution in [-0.4, -0.2) is 38.9 Å². The van der Waals surface area contributed by atoms with E-state index < -0.39 is 0 Å². The minimum Gasteiger partial charge on any atom is -0.341 e. The van der Waals surface area contributed by atoms with Crippen LogP contribution in [0.25, 0.3) is 11.4 Å². The van der Waals surface area contributed by atoms with E-state index in [4.69, 9.17) is 4.98 Å². The summed E-state index contributed by atoms with van der Waals surface area (Å²) in [4.78, 5) is 32.9. The lowest BCUT2D eigenvalue weighted by Gasteiger charge is -2.27. The third-order valence-corrected chi connectivity index (χ3v) is 5.28. The molecule has 4 rings (SSSR count). The number of rotatable bonds is 4. The van der Waals surface area contributed by atoms with Gasteiger partial charge in [-0.05, 0) is 38.3 Å². The van der Waals surface area contributed by atoms with Crippen molar-refractivity contribution in [3.05, 3.63) is 47.2 Å². The summed E-state index contributed by atoms with van der Waals surface area (Å²) in [5.74, 6) is 0.368. The molecule has 1 amide bonds. The Kier molecular flexibility index (Phi) is 5.06. The molecule has 0 aromatic carbocycles. The summed E-state index contributed by atoms with van der Waals surface area (Å²) >= 11 is 1.39. The second kappa shape index (κ2) is 7.79. The first kappa shape index (κ1) is 17.5. The lowest BCUT2D eigenvalue weighted by Crippen LogP contribution is -2.31. The Balaban J connectivity index is 1.70. The molecule has 0 unspecified atom stereocenters. The number of pyridine rings is 1. The van der Waals surface area contributed by atoms with Crippen molar-refractivity contribution in [3.8, 4) is 11.4 Å². The molecule has 0 spiro atoms. The molecule has 1 fully saturated rings. The highest BCUT2D eigenvalue weighted by Crippen LogP contribution is 2.25. The Bertz CT molecular complexity index is 936. The van der Waals surface area contributed by atoms with E-state index in [-0.39, 0.29) is 5.91 Å². The number of carbonyl (C=O) groups is 1. The number of nitrogens with zero attached hydrogens (tertiary/aromatic N) is 5. The number of aromatic nitrogens is 4. The zero-order chi connectivity index (χ0) is 18.6. The fraction of sp³-hybridized carbons (Fsp3) is 0.316. The second-order valence-corrected chi connectivity index (χ2v) is 7.30. The van der Waals surface area contributed by atoms with E-state index in [0.717, 1.165) is 31.6 Å². The molecule has 7 nitrogen and oxygen atoms in total. The number of hydrogen-bond donors (Lipinski definition) is 1. The van der Waals surface area contributed by atoms with Gasteiger partial charge < -0.3 is 4.90 Å². The summed E-state index contributed by atoms with van der Waals surface area (Å²) in [5.41, 5.74) is 2.45. The molecule has 1 aliphatic rings. The van der Waals surface area contributed by atoms with Crippen LogP contribution in [0.3, 0.4) is 0 Å². The molecule has 0 radical (unpaired) electrons. The Morgan fingerprint density at radius 1 is 1.15 bits per heavy atom. The van der Waals surface area contributed by atoms with E-state index in [1.54, 1.807) is 12.4 Å². The summed E-state index contributed by atoms with van der Waals surface area (Å²) in [7, 11) is 0. The third kappa shape index (κ3) is 3.95. The monoisotopic (exact) mass is 380 g/mol. The highest BCUT2D eigenvalue weighted by atomic mass is 32.1. The predicted octanol–water partition coefficient (Wildman–Crippen LogP) is 3.55. The van der Waals surface area contributed by atoms with Crippen molar-refractivity contribution < 1.29 is 4.79 Å². The van der Waals surface area contributed by atoms with Crippen LogP contribution in [0.15, 0.2) is 36.0 Å².